The van der Waals surface area contributed by atoms with E-state index in [2.05, 4.69) is 12.2 Å². The van der Waals surface area contributed by atoms with Crippen molar-refractivity contribution in [3.05, 3.63) is 0 Å². The number of carbonyl (C=O) groups excluding carboxylic acids is 1. The van der Waals surface area contributed by atoms with Crippen molar-refractivity contribution in [1.82, 2.24) is 10.2 Å². The van der Waals surface area contributed by atoms with Gasteiger partial charge in [-0.05, 0) is 31.6 Å². The lowest BCUT2D eigenvalue weighted by molar-refractivity contribution is 0.168. The molecule has 0 aromatic rings. The Balaban J connectivity index is 2.56. The second kappa shape index (κ2) is 5.53. The maximum atomic E-state index is 11.7. The minimum atomic E-state index is -0.160. The summed E-state index contributed by atoms with van der Waals surface area (Å²) in [5.41, 5.74) is 5.68. The molecule has 16 heavy (non-hydrogen) atoms. The van der Waals surface area contributed by atoms with E-state index in [-0.39, 0.29) is 11.6 Å². The number of nitrogens with one attached hydrogen (secondary N) is 1. The molecule has 4 nitrogen and oxygen atoms in total. The summed E-state index contributed by atoms with van der Waals surface area (Å²) in [6.07, 6.45) is 5.63. The highest BCUT2D eigenvalue weighted by molar-refractivity contribution is 5.74. The van der Waals surface area contributed by atoms with Crippen molar-refractivity contribution in [3.63, 3.8) is 0 Å². The van der Waals surface area contributed by atoms with E-state index < -0.39 is 0 Å². The maximum absolute atomic E-state index is 11.7. The molecule has 1 fully saturated rings. The normalized spacial score (nSPS) is 29.9. The Hall–Kier alpha value is -0.770. The molecule has 1 saturated carbocycles. The fraction of sp³-hybridized carbons (Fsp3) is 0.917. The fourth-order valence-electron chi connectivity index (χ4n) is 2.36. The predicted octanol–water partition coefficient (Wildman–Crippen LogP) is 1.56. The summed E-state index contributed by atoms with van der Waals surface area (Å²) in [5, 5.41) is 3.09. The molecule has 1 aliphatic rings. The zero-order valence-corrected chi connectivity index (χ0v) is 10.8. The third-order valence-corrected chi connectivity index (χ3v) is 3.81. The summed E-state index contributed by atoms with van der Waals surface area (Å²) in [5.74, 6) is 0.816. The monoisotopic (exact) mass is 227 g/mol. The van der Waals surface area contributed by atoms with Crippen molar-refractivity contribution in [1.29, 1.82) is 0 Å². The molecule has 0 heterocycles. The van der Waals surface area contributed by atoms with Crippen LogP contribution >= 0.6 is 0 Å². The number of hydrogen-bond donors (Lipinski definition) is 2. The Labute approximate surface area is 98.6 Å². The van der Waals surface area contributed by atoms with E-state index in [4.69, 9.17) is 5.73 Å². The SMILES string of the molecule is CCC1CCC(CN)(NC(=O)N(C)C)CC1. The lowest BCUT2D eigenvalue weighted by Crippen LogP contribution is -2.57. The quantitative estimate of drug-likeness (QED) is 0.768. The summed E-state index contributed by atoms with van der Waals surface area (Å²) < 4.78 is 0. The van der Waals surface area contributed by atoms with Gasteiger partial charge in [0.05, 0.1) is 5.54 Å². The largest absolute Gasteiger partial charge is 0.331 e. The van der Waals surface area contributed by atoms with Crippen LogP contribution in [0.2, 0.25) is 0 Å². The van der Waals surface area contributed by atoms with Crippen molar-refractivity contribution in [2.45, 2.75) is 44.6 Å². The molecule has 1 aliphatic carbocycles. The Kier molecular flexibility index (Phi) is 4.59. The fourth-order valence-corrected chi connectivity index (χ4v) is 2.36. The zero-order valence-electron chi connectivity index (χ0n) is 10.8. The van der Waals surface area contributed by atoms with Crippen LogP contribution in [0.4, 0.5) is 4.79 Å². The summed E-state index contributed by atoms with van der Waals surface area (Å²) in [7, 11) is 3.52. The molecule has 0 radical (unpaired) electrons. The van der Waals surface area contributed by atoms with Crippen LogP contribution in [0.1, 0.15) is 39.0 Å². The van der Waals surface area contributed by atoms with Gasteiger partial charge in [0.15, 0.2) is 0 Å². The molecule has 0 spiro atoms. The first-order chi connectivity index (χ1) is 7.53. The van der Waals surface area contributed by atoms with Crippen LogP contribution in [0.15, 0.2) is 0 Å². The van der Waals surface area contributed by atoms with E-state index in [0.29, 0.717) is 6.54 Å². The highest BCUT2D eigenvalue weighted by atomic mass is 16.2. The summed E-state index contributed by atoms with van der Waals surface area (Å²) in [6.45, 7) is 2.78. The van der Waals surface area contributed by atoms with Gasteiger partial charge in [0, 0.05) is 20.6 Å². The van der Waals surface area contributed by atoms with Crippen molar-refractivity contribution in [3.8, 4) is 0 Å². The lowest BCUT2D eigenvalue weighted by atomic mass is 9.75. The van der Waals surface area contributed by atoms with Crippen molar-refractivity contribution in [2.24, 2.45) is 11.7 Å². The minimum Gasteiger partial charge on any atom is -0.331 e. The maximum Gasteiger partial charge on any atom is 0.317 e. The number of nitrogens with zero attached hydrogens (tertiary/aromatic N) is 1. The Bertz CT molecular complexity index is 232. The van der Waals surface area contributed by atoms with E-state index in [9.17, 15) is 4.79 Å². The molecule has 0 aromatic heterocycles. The second-order valence-electron chi connectivity index (χ2n) is 5.16. The zero-order chi connectivity index (χ0) is 12.2. The van der Waals surface area contributed by atoms with E-state index in [0.717, 1.165) is 18.8 Å². The Morgan fingerprint density at radius 2 is 2.00 bits per heavy atom. The molecule has 0 bridgehead atoms. The molecule has 4 heteroatoms. The van der Waals surface area contributed by atoms with Gasteiger partial charge in [-0.2, -0.15) is 0 Å². The van der Waals surface area contributed by atoms with Gasteiger partial charge < -0.3 is 16.0 Å². The highest BCUT2D eigenvalue weighted by Crippen LogP contribution is 2.33. The number of nitrogens with two attached hydrogens (primary N) is 1. The smallest absolute Gasteiger partial charge is 0.317 e. The average Bonchev–Trinajstić information content (AvgIpc) is 2.29. The third-order valence-electron chi connectivity index (χ3n) is 3.81. The molecule has 0 unspecified atom stereocenters. The number of rotatable bonds is 3. The number of amides is 2. The minimum absolute atomic E-state index is 0.0274. The molecular formula is C12H25N3O. The number of carbonyl (C=O) groups is 1. The topological polar surface area (TPSA) is 58.4 Å². The van der Waals surface area contributed by atoms with Gasteiger partial charge in [-0.1, -0.05) is 13.3 Å². The van der Waals surface area contributed by atoms with Gasteiger partial charge >= 0.3 is 6.03 Å². The molecule has 0 aliphatic heterocycles. The lowest BCUT2D eigenvalue weighted by Gasteiger charge is -2.40. The highest BCUT2D eigenvalue weighted by Gasteiger charge is 2.35. The number of hydrogen-bond acceptors (Lipinski definition) is 2. The first-order valence-electron chi connectivity index (χ1n) is 6.22. The standard InChI is InChI=1S/C12H25N3O/c1-4-10-5-7-12(9-13,8-6-10)14-11(16)15(2)3/h10H,4-9,13H2,1-3H3,(H,14,16). The van der Waals surface area contributed by atoms with Crippen LogP contribution < -0.4 is 11.1 Å². The van der Waals surface area contributed by atoms with Gasteiger partial charge in [-0.25, -0.2) is 4.79 Å². The van der Waals surface area contributed by atoms with Crippen LogP contribution in [0, 0.1) is 5.92 Å². The van der Waals surface area contributed by atoms with Crippen LogP contribution in [-0.4, -0.2) is 37.1 Å². The second-order valence-corrected chi connectivity index (χ2v) is 5.16. The molecule has 2 amide bonds. The van der Waals surface area contributed by atoms with Crippen molar-refractivity contribution >= 4 is 6.03 Å². The van der Waals surface area contributed by atoms with E-state index >= 15 is 0 Å². The Morgan fingerprint density at radius 1 is 1.44 bits per heavy atom. The van der Waals surface area contributed by atoms with Gasteiger partial charge in [0.25, 0.3) is 0 Å². The van der Waals surface area contributed by atoms with Crippen LogP contribution in [-0.2, 0) is 0 Å². The third kappa shape index (κ3) is 3.11. The summed E-state index contributed by atoms with van der Waals surface area (Å²) in [4.78, 5) is 13.3. The van der Waals surface area contributed by atoms with Crippen molar-refractivity contribution < 1.29 is 4.79 Å². The Morgan fingerprint density at radius 3 is 2.38 bits per heavy atom. The van der Waals surface area contributed by atoms with Crippen LogP contribution in [0.5, 0.6) is 0 Å². The average molecular weight is 227 g/mol. The molecular weight excluding hydrogens is 202 g/mol. The van der Waals surface area contributed by atoms with Crippen LogP contribution in [0.3, 0.4) is 0 Å². The summed E-state index contributed by atoms with van der Waals surface area (Å²) in [6, 6.07) is -0.0274. The van der Waals surface area contributed by atoms with E-state index in [1.807, 2.05) is 0 Å². The van der Waals surface area contributed by atoms with E-state index in [1.165, 1.54) is 19.3 Å². The first kappa shape index (κ1) is 13.3. The van der Waals surface area contributed by atoms with Gasteiger partial charge in [0.2, 0.25) is 0 Å². The molecule has 3 N–H and O–H groups in total. The summed E-state index contributed by atoms with van der Waals surface area (Å²) >= 11 is 0. The van der Waals surface area contributed by atoms with Crippen molar-refractivity contribution in [2.75, 3.05) is 20.6 Å². The van der Waals surface area contributed by atoms with Gasteiger partial charge in [0.1, 0.15) is 0 Å². The molecule has 0 atom stereocenters. The number of urea groups is 1. The molecule has 0 saturated heterocycles. The van der Waals surface area contributed by atoms with Gasteiger partial charge in [-0.15, -0.1) is 0 Å². The molecule has 1 rings (SSSR count). The molecule has 0 aromatic carbocycles. The molecule has 94 valence electrons. The van der Waals surface area contributed by atoms with E-state index in [1.54, 1.807) is 19.0 Å². The predicted molar refractivity (Wildman–Crippen MR) is 66.3 cm³/mol. The first-order valence-corrected chi connectivity index (χ1v) is 6.22. The van der Waals surface area contributed by atoms with Gasteiger partial charge in [-0.3, -0.25) is 0 Å². The van der Waals surface area contributed by atoms with Crippen LogP contribution in [0.25, 0.3) is 0 Å².